The molecule has 54 valence electrons. The highest BCUT2D eigenvalue weighted by molar-refractivity contribution is 5.80. The van der Waals surface area contributed by atoms with Crippen LogP contribution in [-0.4, -0.2) is 19.2 Å². The van der Waals surface area contributed by atoms with Gasteiger partial charge >= 0.3 is 0 Å². The predicted octanol–water partition coefficient (Wildman–Crippen LogP) is -1.78. The Hall–Kier alpha value is -1.23. The van der Waals surface area contributed by atoms with Gasteiger partial charge in [-0.05, 0) is 0 Å². The van der Waals surface area contributed by atoms with Gasteiger partial charge in [0.2, 0.25) is 0 Å². The molecule has 0 aromatic rings. The molecule has 0 amide bonds. The Balaban J connectivity index is 2.22. The van der Waals surface area contributed by atoms with E-state index in [2.05, 4.69) is 20.9 Å². The zero-order valence-corrected chi connectivity index (χ0v) is 5.39. The van der Waals surface area contributed by atoms with Crippen molar-refractivity contribution < 1.29 is 0 Å². The van der Waals surface area contributed by atoms with Crippen molar-refractivity contribution in [1.82, 2.24) is 16.0 Å². The van der Waals surface area contributed by atoms with Gasteiger partial charge in [-0.2, -0.15) is 0 Å². The summed E-state index contributed by atoms with van der Waals surface area (Å²) in [5, 5.41) is 9.12. The van der Waals surface area contributed by atoms with Gasteiger partial charge in [0.1, 0.15) is 5.82 Å². The van der Waals surface area contributed by atoms with Crippen LogP contribution in [0.3, 0.4) is 0 Å². The summed E-state index contributed by atoms with van der Waals surface area (Å²) < 4.78 is 0. The summed E-state index contributed by atoms with van der Waals surface area (Å²) in [4.78, 5) is 3.95. The van der Waals surface area contributed by atoms with Crippen LogP contribution < -0.4 is 21.7 Å². The van der Waals surface area contributed by atoms with Crippen LogP contribution in [-0.2, 0) is 0 Å². The fraction of sp³-hybridized carbons (Fsp3) is 0.400. The number of aliphatic imine (C=N–C) groups is 1. The molecule has 0 fully saturated rings. The third-order valence-corrected chi connectivity index (χ3v) is 1.47. The number of hydrogen-bond acceptors (Lipinski definition) is 5. The van der Waals surface area contributed by atoms with Crippen molar-refractivity contribution in [3.8, 4) is 0 Å². The first-order valence-electron chi connectivity index (χ1n) is 3.13. The van der Waals surface area contributed by atoms with Gasteiger partial charge in [0, 0.05) is 0 Å². The lowest BCUT2D eigenvalue weighted by Gasteiger charge is -2.15. The predicted molar refractivity (Wildman–Crippen MR) is 37.8 cm³/mol. The van der Waals surface area contributed by atoms with Gasteiger partial charge in [0.05, 0.1) is 18.6 Å². The number of nitrogens with two attached hydrogens (primary N) is 1. The molecule has 1 atom stereocenters. The summed E-state index contributed by atoms with van der Waals surface area (Å²) in [6.45, 7) is 0.746. The second kappa shape index (κ2) is 1.88. The van der Waals surface area contributed by atoms with E-state index >= 15 is 0 Å². The van der Waals surface area contributed by atoms with Gasteiger partial charge in [0.25, 0.3) is 0 Å². The molecule has 2 rings (SSSR count). The van der Waals surface area contributed by atoms with Gasteiger partial charge in [0.15, 0.2) is 6.29 Å². The van der Waals surface area contributed by atoms with E-state index in [0.717, 1.165) is 18.2 Å². The quantitative estimate of drug-likeness (QED) is 0.320. The fourth-order valence-electron chi connectivity index (χ4n) is 0.990. The van der Waals surface area contributed by atoms with E-state index in [1.807, 2.05) is 0 Å². The van der Waals surface area contributed by atoms with Crippen LogP contribution in [0.4, 0.5) is 0 Å². The number of nitrogens with zero attached hydrogens (tertiary/aromatic N) is 1. The molecule has 0 radical (unpaired) electrons. The minimum Gasteiger partial charge on any atom is -0.364 e. The van der Waals surface area contributed by atoms with Crippen molar-refractivity contribution in [3.63, 3.8) is 0 Å². The van der Waals surface area contributed by atoms with Crippen molar-refractivity contribution >= 4 is 6.21 Å². The minimum absolute atomic E-state index is 0.300. The second-order valence-electron chi connectivity index (χ2n) is 2.19. The van der Waals surface area contributed by atoms with E-state index in [1.54, 1.807) is 6.21 Å². The summed E-state index contributed by atoms with van der Waals surface area (Å²) in [5.41, 5.74) is 6.47. The molecule has 2 heterocycles. The Morgan fingerprint density at radius 2 is 2.50 bits per heavy atom. The standard InChI is InChI=1S/C5H9N5/c6-5-7-1-3-4(10-5)9-2-8-3/h1,5,8-10H,2,6H2. The lowest BCUT2D eigenvalue weighted by molar-refractivity contribution is 0.582. The van der Waals surface area contributed by atoms with Crippen LogP contribution in [0.5, 0.6) is 0 Å². The molecule has 5 nitrogen and oxygen atoms in total. The highest BCUT2D eigenvalue weighted by Gasteiger charge is 2.16. The molecule has 2 aliphatic rings. The maximum Gasteiger partial charge on any atom is 0.172 e. The number of allylic oxidation sites excluding steroid dienone is 1. The molecule has 0 aromatic carbocycles. The highest BCUT2D eigenvalue weighted by atomic mass is 15.3. The number of nitrogens with one attached hydrogen (secondary N) is 3. The van der Waals surface area contributed by atoms with E-state index in [9.17, 15) is 0 Å². The van der Waals surface area contributed by atoms with E-state index in [4.69, 9.17) is 5.73 Å². The zero-order chi connectivity index (χ0) is 6.97. The van der Waals surface area contributed by atoms with Gasteiger partial charge in [-0.1, -0.05) is 0 Å². The van der Waals surface area contributed by atoms with Crippen LogP contribution in [0.1, 0.15) is 0 Å². The van der Waals surface area contributed by atoms with Crippen molar-refractivity contribution in [2.24, 2.45) is 10.7 Å². The monoisotopic (exact) mass is 139 g/mol. The van der Waals surface area contributed by atoms with Crippen LogP contribution in [0, 0.1) is 0 Å². The van der Waals surface area contributed by atoms with Crippen molar-refractivity contribution in [2.45, 2.75) is 6.29 Å². The summed E-state index contributed by atoms with van der Waals surface area (Å²) >= 11 is 0. The van der Waals surface area contributed by atoms with Crippen LogP contribution in [0.25, 0.3) is 0 Å². The summed E-state index contributed by atoms with van der Waals surface area (Å²) in [6, 6.07) is 0. The Morgan fingerprint density at radius 1 is 1.60 bits per heavy atom. The van der Waals surface area contributed by atoms with Crippen molar-refractivity contribution in [2.75, 3.05) is 6.67 Å². The molecule has 0 bridgehead atoms. The smallest absolute Gasteiger partial charge is 0.172 e. The van der Waals surface area contributed by atoms with E-state index in [1.165, 1.54) is 0 Å². The molecule has 5 heteroatoms. The summed E-state index contributed by atoms with van der Waals surface area (Å²) in [5.74, 6) is 0.947. The highest BCUT2D eigenvalue weighted by Crippen LogP contribution is 2.02. The molecule has 0 saturated heterocycles. The molecule has 1 unspecified atom stereocenters. The lowest BCUT2D eigenvalue weighted by atomic mass is 10.4. The fourth-order valence-corrected chi connectivity index (χ4v) is 0.990. The first-order valence-corrected chi connectivity index (χ1v) is 3.13. The molecule has 2 aliphatic heterocycles. The molecule has 5 N–H and O–H groups in total. The maximum atomic E-state index is 5.48. The van der Waals surface area contributed by atoms with E-state index in [0.29, 0.717) is 0 Å². The van der Waals surface area contributed by atoms with Gasteiger partial charge < -0.3 is 16.0 Å². The Labute approximate surface area is 58.4 Å². The molecule has 0 saturated carbocycles. The minimum atomic E-state index is -0.300. The molecule has 0 aromatic heterocycles. The topological polar surface area (TPSA) is 74.5 Å². The largest absolute Gasteiger partial charge is 0.364 e. The first-order chi connectivity index (χ1) is 4.86. The second-order valence-corrected chi connectivity index (χ2v) is 2.19. The number of rotatable bonds is 0. The van der Waals surface area contributed by atoms with Gasteiger partial charge in [-0.25, -0.2) is 0 Å². The Bertz CT molecular complexity index is 206. The third-order valence-electron chi connectivity index (χ3n) is 1.47. The van der Waals surface area contributed by atoms with Crippen molar-refractivity contribution in [1.29, 1.82) is 0 Å². The first kappa shape index (κ1) is 5.55. The van der Waals surface area contributed by atoms with Gasteiger partial charge in [-0.15, -0.1) is 0 Å². The SMILES string of the molecule is NC1N=CC2=C(NCN2)N1. The zero-order valence-electron chi connectivity index (χ0n) is 5.39. The average molecular weight is 139 g/mol. The molecule has 10 heavy (non-hydrogen) atoms. The third kappa shape index (κ3) is 0.714. The Kier molecular flexibility index (Phi) is 1.04. The average Bonchev–Trinajstić information content (AvgIpc) is 2.33. The molecule has 0 aliphatic carbocycles. The molecular formula is C5H9N5. The van der Waals surface area contributed by atoms with Crippen molar-refractivity contribution in [3.05, 3.63) is 11.5 Å². The van der Waals surface area contributed by atoms with Crippen LogP contribution >= 0.6 is 0 Å². The molecular weight excluding hydrogens is 130 g/mol. The molecule has 0 spiro atoms. The maximum absolute atomic E-state index is 5.48. The van der Waals surface area contributed by atoms with E-state index < -0.39 is 0 Å². The van der Waals surface area contributed by atoms with E-state index in [-0.39, 0.29) is 6.29 Å². The van der Waals surface area contributed by atoms with Crippen LogP contribution in [0.15, 0.2) is 16.5 Å². The summed E-state index contributed by atoms with van der Waals surface area (Å²) in [7, 11) is 0. The van der Waals surface area contributed by atoms with Gasteiger partial charge in [-0.3, -0.25) is 10.7 Å². The Morgan fingerprint density at radius 3 is 3.40 bits per heavy atom. The lowest BCUT2D eigenvalue weighted by Crippen LogP contribution is -2.40. The van der Waals surface area contributed by atoms with Crippen LogP contribution in [0.2, 0.25) is 0 Å². The number of hydrogen-bond donors (Lipinski definition) is 4. The normalized spacial score (nSPS) is 28.7. The summed E-state index contributed by atoms with van der Waals surface area (Å²) in [6.07, 6.45) is 1.43.